The molecule has 0 radical (unpaired) electrons. The molecule has 40 heavy (non-hydrogen) atoms. The van der Waals surface area contributed by atoms with E-state index in [1.165, 1.54) is 35.1 Å². The van der Waals surface area contributed by atoms with E-state index in [2.05, 4.69) is 6.58 Å². The van der Waals surface area contributed by atoms with Gasteiger partial charge in [0.2, 0.25) is 0 Å². The van der Waals surface area contributed by atoms with Crippen LogP contribution in [-0.4, -0.2) is 54.9 Å². The summed E-state index contributed by atoms with van der Waals surface area (Å²) in [6.45, 7) is 3.71. The van der Waals surface area contributed by atoms with Gasteiger partial charge in [-0.2, -0.15) is 13.2 Å². The number of hydrogen-bond donors (Lipinski definition) is 1. The van der Waals surface area contributed by atoms with E-state index >= 15 is 0 Å². The molecule has 2 amide bonds. The predicted octanol–water partition coefficient (Wildman–Crippen LogP) is 6.81. The summed E-state index contributed by atoms with van der Waals surface area (Å²) in [6.07, 6.45) is -2.22. The Labute approximate surface area is 249 Å². The number of carbonyl (C=O) groups excluding carboxylic acids is 2. The first-order valence-electron chi connectivity index (χ1n) is 11.6. The number of nitrogens with two attached hydrogens (primary N) is 1. The molecule has 0 bridgehead atoms. The van der Waals surface area contributed by atoms with Crippen LogP contribution in [0.5, 0.6) is 5.75 Å². The van der Waals surface area contributed by atoms with Crippen LogP contribution < -0.4 is 10.5 Å². The van der Waals surface area contributed by atoms with Crippen molar-refractivity contribution >= 4 is 58.2 Å². The van der Waals surface area contributed by atoms with E-state index in [0.717, 1.165) is 19.2 Å². The van der Waals surface area contributed by atoms with Crippen LogP contribution in [0.2, 0.25) is 10.0 Å². The zero-order valence-electron chi connectivity index (χ0n) is 21.2. The highest BCUT2D eigenvalue weighted by Crippen LogP contribution is 2.38. The lowest BCUT2D eigenvalue weighted by atomic mass is 9.93. The number of alkyl halides is 3. The molecule has 0 aromatic heterocycles. The Morgan fingerprint density at radius 2 is 1.77 bits per heavy atom. The standard InChI is InChI=1S/C27H24Cl4F3N3O3/c1-14(28)8-17(11-24(31)35)26(39)37-12-18(15-4-6-20(29)21(30)10-15)22(13-37)36(2)25(38)16-5-7-23(40-3)19(9-16)27(32,33)34/h4-11,18,22H,1,12-13,35H2,2-3H3/b17-8+,24-11-/t18-,22+/m0/s1. The molecule has 0 aliphatic carbocycles. The van der Waals surface area contributed by atoms with Crippen molar-refractivity contribution in [3.63, 3.8) is 0 Å². The minimum atomic E-state index is -4.74. The van der Waals surface area contributed by atoms with Crippen molar-refractivity contribution in [2.75, 3.05) is 27.2 Å². The lowest BCUT2D eigenvalue weighted by Gasteiger charge is -2.29. The van der Waals surface area contributed by atoms with E-state index in [1.807, 2.05) is 0 Å². The normalized spacial score (nSPS) is 18.1. The lowest BCUT2D eigenvalue weighted by molar-refractivity contribution is -0.138. The van der Waals surface area contributed by atoms with Crippen LogP contribution in [0.25, 0.3) is 0 Å². The van der Waals surface area contributed by atoms with Crippen molar-refractivity contribution in [2.24, 2.45) is 5.73 Å². The third-order valence-electron chi connectivity index (χ3n) is 6.37. The van der Waals surface area contributed by atoms with Crippen molar-refractivity contribution in [1.82, 2.24) is 9.80 Å². The summed E-state index contributed by atoms with van der Waals surface area (Å²) < 4.78 is 45.7. The molecule has 1 heterocycles. The fourth-order valence-corrected chi connectivity index (χ4v) is 5.04. The second-order valence-electron chi connectivity index (χ2n) is 8.96. The van der Waals surface area contributed by atoms with Gasteiger partial charge in [0.25, 0.3) is 11.8 Å². The highest BCUT2D eigenvalue weighted by Gasteiger charge is 2.41. The molecule has 1 fully saturated rings. The molecule has 0 saturated carbocycles. The minimum absolute atomic E-state index is 0.0242. The maximum atomic E-state index is 13.6. The summed E-state index contributed by atoms with van der Waals surface area (Å²) in [5, 5.41) is 0.463. The Morgan fingerprint density at radius 1 is 1.10 bits per heavy atom. The van der Waals surface area contributed by atoms with Crippen molar-refractivity contribution in [3.8, 4) is 5.75 Å². The van der Waals surface area contributed by atoms with Crippen LogP contribution in [0.4, 0.5) is 13.2 Å². The molecule has 3 rings (SSSR count). The molecule has 6 nitrogen and oxygen atoms in total. The first-order chi connectivity index (χ1) is 18.6. The van der Waals surface area contributed by atoms with Crippen molar-refractivity contribution in [3.05, 3.63) is 97.6 Å². The predicted molar refractivity (Wildman–Crippen MR) is 151 cm³/mol. The summed E-state index contributed by atoms with van der Waals surface area (Å²) in [6, 6.07) is 7.33. The molecule has 214 valence electrons. The quantitative estimate of drug-likeness (QED) is 0.206. The number of halogens is 7. The Hall–Kier alpha value is -2.85. The van der Waals surface area contributed by atoms with Crippen molar-refractivity contribution in [2.45, 2.75) is 18.1 Å². The first-order valence-corrected chi connectivity index (χ1v) is 13.1. The maximum Gasteiger partial charge on any atom is 0.419 e. The van der Waals surface area contributed by atoms with Crippen LogP contribution in [-0.2, 0) is 11.0 Å². The van der Waals surface area contributed by atoms with Crippen molar-refractivity contribution < 1.29 is 27.5 Å². The molecular weight excluding hydrogens is 613 g/mol. The van der Waals surface area contributed by atoms with Crippen LogP contribution >= 0.6 is 46.4 Å². The summed E-state index contributed by atoms with van der Waals surface area (Å²) in [4.78, 5) is 29.7. The fourth-order valence-electron chi connectivity index (χ4n) is 4.50. The van der Waals surface area contributed by atoms with Crippen LogP contribution in [0, 0.1) is 0 Å². The summed E-state index contributed by atoms with van der Waals surface area (Å²) >= 11 is 24.0. The molecule has 13 heteroatoms. The molecular formula is C27H24Cl4F3N3O3. The maximum absolute atomic E-state index is 13.6. The number of hydrogen-bond acceptors (Lipinski definition) is 4. The van der Waals surface area contributed by atoms with E-state index in [9.17, 15) is 22.8 Å². The van der Waals surface area contributed by atoms with Crippen LogP contribution in [0.3, 0.4) is 0 Å². The Kier molecular flexibility index (Phi) is 10.1. The zero-order valence-corrected chi connectivity index (χ0v) is 24.3. The number of allylic oxidation sites excluding steroid dienone is 2. The second-order valence-corrected chi connectivity index (χ2v) is 10.7. The number of nitrogens with zero attached hydrogens (tertiary/aromatic N) is 2. The molecule has 1 aliphatic rings. The minimum Gasteiger partial charge on any atom is -0.496 e. The topological polar surface area (TPSA) is 75.9 Å². The number of amides is 2. The summed E-state index contributed by atoms with van der Waals surface area (Å²) in [7, 11) is 2.57. The van der Waals surface area contributed by atoms with Gasteiger partial charge in [-0.3, -0.25) is 9.59 Å². The average molecular weight is 637 g/mol. The van der Waals surface area contributed by atoms with Gasteiger partial charge in [0.05, 0.1) is 33.9 Å². The molecule has 2 atom stereocenters. The lowest BCUT2D eigenvalue weighted by Crippen LogP contribution is -2.42. The molecule has 2 N–H and O–H groups in total. The van der Waals surface area contributed by atoms with Gasteiger partial charge in [0.15, 0.2) is 0 Å². The number of carbonyl (C=O) groups is 2. The third-order valence-corrected chi connectivity index (χ3v) is 7.33. The molecule has 1 saturated heterocycles. The van der Waals surface area contributed by atoms with Gasteiger partial charge < -0.3 is 20.3 Å². The summed E-state index contributed by atoms with van der Waals surface area (Å²) in [5.41, 5.74) is 5.01. The van der Waals surface area contributed by atoms with Gasteiger partial charge in [-0.05, 0) is 48.0 Å². The van der Waals surface area contributed by atoms with E-state index in [4.69, 9.17) is 56.9 Å². The van der Waals surface area contributed by atoms with Gasteiger partial charge >= 0.3 is 6.18 Å². The Bertz CT molecular complexity index is 1390. The number of benzene rings is 2. The van der Waals surface area contributed by atoms with E-state index < -0.39 is 41.3 Å². The van der Waals surface area contributed by atoms with E-state index in [0.29, 0.717) is 10.6 Å². The number of likely N-dealkylation sites (N-methyl/N-ethyl adjacent to an activating group) is 1. The average Bonchev–Trinajstić information content (AvgIpc) is 3.32. The molecule has 2 aromatic rings. The SMILES string of the molecule is C=C(Cl)/C=C(\C=C(/N)Cl)C(=O)N1C[C@@H](N(C)C(=O)c2ccc(OC)c(C(F)(F)F)c2)[C@H](c2ccc(Cl)c(Cl)c2)C1. The molecule has 0 unspecified atom stereocenters. The highest BCUT2D eigenvalue weighted by molar-refractivity contribution is 6.42. The fraction of sp³-hybridized carbons (Fsp3) is 0.259. The van der Waals surface area contributed by atoms with Gasteiger partial charge in [-0.1, -0.05) is 59.0 Å². The van der Waals surface area contributed by atoms with Gasteiger partial charge in [0, 0.05) is 42.2 Å². The zero-order chi connectivity index (χ0) is 29.9. The smallest absolute Gasteiger partial charge is 0.419 e. The monoisotopic (exact) mass is 635 g/mol. The Balaban J connectivity index is 2.03. The second kappa shape index (κ2) is 12.8. The van der Waals surface area contributed by atoms with Crippen LogP contribution in [0.15, 0.2) is 70.9 Å². The first kappa shape index (κ1) is 31.7. The van der Waals surface area contributed by atoms with Gasteiger partial charge in [-0.15, -0.1) is 0 Å². The largest absolute Gasteiger partial charge is 0.496 e. The van der Waals surface area contributed by atoms with Crippen molar-refractivity contribution in [1.29, 1.82) is 0 Å². The Morgan fingerprint density at radius 3 is 2.33 bits per heavy atom. The number of ether oxygens (including phenoxy) is 1. The van der Waals surface area contributed by atoms with E-state index in [1.54, 1.807) is 18.2 Å². The van der Waals surface area contributed by atoms with Crippen LogP contribution in [0.1, 0.15) is 27.4 Å². The number of methoxy groups -OCH3 is 1. The third kappa shape index (κ3) is 7.26. The molecule has 0 spiro atoms. The number of rotatable bonds is 7. The van der Waals surface area contributed by atoms with E-state index in [-0.39, 0.29) is 39.4 Å². The number of likely N-dealkylation sites (tertiary alicyclic amines) is 1. The molecule has 1 aliphatic heterocycles. The van der Waals surface area contributed by atoms with Gasteiger partial charge in [0.1, 0.15) is 5.75 Å². The summed E-state index contributed by atoms with van der Waals surface area (Å²) in [5.74, 6) is -2.08. The van der Waals surface area contributed by atoms with Gasteiger partial charge in [-0.25, -0.2) is 0 Å². The highest BCUT2D eigenvalue weighted by atomic mass is 35.5. The molecule has 2 aromatic carbocycles.